The molecule has 2 fully saturated rings. The molecular weight excluding hydrogens is 242 g/mol. The smallest absolute Gasteiger partial charge is 0.279 e. The maximum Gasteiger partial charge on any atom is 0.279 e. The van der Waals surface area contributed by atoms with Crippen LogP contribution in [0.4, 0.5) is 0 Å². The van der Waals surface area contributed by atoms with Crippen LogP contribution in [0, 0.1) is 0 Å². The van der Waals surface area contributed by atoms with Gasteiger partial charge in [0.15, 0.2) is 0 Å². The Bertz CT molecular complexity index is 344. The fourth-order valence-electron chi connectivity index (χ4n) is 2.37. The molecule has 0 unspecified atom stereocenters. The molecule has 17 heavy (non-hydrogen) atoms. The van der Waals surface area contributed by atoms with Crippen molar-refractivity contribution in [3.05, 3.63) is 0 Å². The van der Waals surface area contributed by atoms with Crippen molar-refractivity contribution in [3.63, 3.8) is 0 Å². The van der Waals surface area contributed by atoms with E-state index in [1.165, 1.54) is 4.31 Å². The van der Waals surface area contributed by atoms with Crippen molar-refractivity contribution in [1.82, 2.24) is 14.3 Å². The average Bonchev–Trinajstić information content (AvgIpc) is 2.68. The van der Waals surface area contributed by atoms with Crippen LogP contribution in [0.1, 0.15) is 20.3 Å². The molecule has 6 nitrogen and oxygen atoms in total. The Kier molecular flexibility index (Phi) is 4.04. The molecule has 0 aromatic carbocycles. The Hall–Kier alpha value is -0.210. The van der Waals surface area contributed by atoms with Gasteiger partial charge in [-0.05, 0) is 26.8 Å². The summed E-state index contributed by atoms with van der Waals surface area (Å²) in [7, 11) is -3.37. The second-order valence-corrected chi connectivity index (χ2v) is 6.59. The summed E-state index contributed by atoms with van der Waals surface area (Å²) in [6.45, 7) is 6.25. The highest BCUT2D eigenvalue weighted by Gasteiger charge is 2.32. The lowest BCUT2D eigenvalue weighted by atomic mass is 10.3. The molecule has 3 atom stereocenters. The van der Waals surface area contributed by atoms with Gasteiger partial charge in [-0.3, -0.25) is 0 Å². The van der Waals surface area contributed by atoms with Gasteiger partial charge in [0, 0.05) is 25.7 Å². The third-order valence-electron chi connectivity index (χ3n) is 3.10. The molecule has 0 saturated carbocycles. The fraction of sp³-hybridized carbons (Fsp3) is 1.00. The van der Waals surface area contributed by atoms with Gasteiger partial charge in [-0.2, -0.15) is 17.4 Å². The van der Waals surface area contributed by atoms with Crippen molar-refractivity contribution >= 4 is 10.2 Å². The number of nitrogens with zero attached hydrogens (tertiary/aromatic N) is 1. The monoisotopic (exact) mass is 263 g/mol. The van der Waals surface area contributed by atoms with E-state index in [4.69, 9.17) is 4.74 Å². The van der Waals surface area contributed by atoms with Crippen LogP contribution in [0.3, 0.4) is 0 Å². The maximum absolute atomic E-state index is 12.2. The van der Waals surface area contributed by atoms with Crippen LogP contribution < -0.4 is 10.0 Å². The van der Waals surface area contributed by atoms with Crippen LogP contribution in [0.5, 0.6) is 0 Å². The zero-order valence-corrected chi connectivity index (χ0v) is 11.2. The highest BCUT2D eigenvalue weighted by atomic mass is 32.2. The number of hydrogen-bond acceptors (Lipinski definition) is 4. The van der Waals surface area contributed by atoms with Crippen LogP contribution in [0.2, 0.25) is 0 Å². The molecule has 100 valence electrons. The van der Waals surface area contributed by atoms with E-state index in [1.54, 1.807) is 0 Å². The second-order valence-electron chi connectivity index (χ2n) is 4.89. The average molecular weight is 263 g/mol. The van der Waals surface area contributed by atoms with Gasteiger partial charge in [-0.1, -0.05) is 0 Å². The molecule has 2 N–H and O–H groups in total. The summed E-state index contributed by atoms with van der Waals surface area (Å²) in [5.41, 5.74) is 0. The van der Waals surface area contributed by atoms with Gasteiger partial charge in [0.05, 0.1) is 12.2 Å². The molecule has 0 amide bonds. The minimum absolute atomic E-state index is 0.0217. The van der Waals surface area contributed by atoms with E-state index in [0.29, 0.717) is 19.6 Å². The molecule has 2 aliphatic heterocycles. The second kappa shape index (κ2) is 5.19. The van der Waals surface area contributed by atoms with E-state index in [9.17, 15) is 8.42 Å². The molecule has 0 spiro atoms. The van der Waals surface area contributed by atoms with E-state index < -0.39 is 10.2 Å². The summed E-state index contributed by atoms with van der Waals surface area (Å²) < 4.78 is 34.1. The topological polar surface area (TPSA) is 70.7 Å². The first-order valence-corrected chi connectivity index (χ1v) is 7.55. The summed E-state index contributed by atoms with van der Waals surface area (Å²) in [5, 5.41) is 3.15. The molecule has 2 rings (SSSR count). The third kappa shape index (κ3) is 3.38. The third-order valence-corrected chi connectivity index (χ3v) is 4.71. The van der Waals surface area contributed by atoms with Crippen LogP contribution in [-0.4, -0.2) is 57.2 Å². The predicted molar refractivity (Wildman–Crippen MR) is 64.9 cm³/mol. The highest BCUT2D eigenvalue weighted by molar-refractivity contribution is 7.87. The lowest BCUT2D eigenvalue weighted by Gasteiger charge is -2.34. The van der Waals surface area contributed by atoms with Gasteiger partial charge >= 0.3 is 0 Å². The molecular formula is C10H21N3O3S. The van der Waals surface area contributed by atoms with E-state index in [2.05, 4.69) is 10.0 Å². The lowest BCUT2D eigenvalue weighted by Crippen LogP contribution is -2.53. The van der Waals surface area contributed by atoms with Gasteiger partial charge in [0.25, 0.3) is 10.2 Å². The quantitative estimate of drug-likeness (QED) is 0.706. The summed E-state index contributed by atoms with van der Waals surface area (Å²) in [6, 6.07) is 0.0217. The van der Waals surface area contributed by atoms with Crippen molar-refractivity contribution in [1.29, 1.82) is 0 Å². The summed E-state index contributed by atoms with van der Waals surface area (Å²) in [6.07, 6.45) is 0.767. The molecule has 0 bridgehead atoms. The van der Waals surface area contributed by atoms with Crippen LogP contribution >= 0.6 is 0 Å². The first-order valence-electron chi connectivity index (χ1n) is 6.11. The van der Waals surface area contributed by atoms with Gasteiger partial charge in [-0.15, -0.1) is 0 Å². The van der Waals surface area contributed by atoms with Crippen LogP contribution in [0.25, 0.3) is 0 Å². The minimum Gasteiger partial charge on any atom is -0.373 e. The maximum atomic E-state index is 12.2. The number of nitrogens with one attached hydrogen (secondary N) is 2. The van der Waals surface area contributed by atoms with E-state index in [0.717, 1.165) is 13.0 Å². The van der Waals surface area contributed by atoms with Crippen molar-refractivity contribution < 1.29 is 13.2 Å². The first kappa shape index (κ1) is 13.2. The SMILES string of the molecule is C[C@@H]1CN(S(=O)(=O)N[C@H]2CCNC2)C[C@H](C)O1. The van der Waals surface area contributed by atoms with Crippen LogP contribution in [-0.2, 0) is 14.9 Å². The molecule has 7 heteroatoms. The Morgan fingerprint density at radius 1 is 1.29 bits per heavy atom. The standard InChI is InChI=1S/C10H21N3O3S/c1-8-6-13(7-9(2)16-8)17(14,15)12-10-3-4-11-5-10/h8-12H,3-7H2,1-2H3/t8-,9+,10-/m0/s1. The van der Waals surface area contributed by atoms with Crippen molar-refractivity contribution in [3.8, 4) is 0 Å². The summed E-state index contributed by atoms with van der Waals surface area (Å²) in [5.74, 6) is 0. The van der Waals surface area contributed by atoms with Crippen molar-refractivity contribution in [2.45, 2.75) is 38.5 Å². The van der Waals surface area contributed by atoms with E-state index in [-0.39, 0.29) is 18.2 Å². The zero-order valence-electron chi connectivity index (χ0n) is 10.3. The van der Waals surface area contributed by atoms with E-state index >= 15 is 0 Å². The Balaban J connectivity index is 1.98. The first-order chi connectivity index (χ1) is 7.97. The van der Waals surface area contributed by atoms with Crippen molar-refractivity contribution in [2.24, 2.45) is 0 Å². The lowest BCUT2D eigenvalue weighted by molar-refractivity contribution is -0.0444. The molecule has 0 radical (unpaired) electrons. The van der Waals surface area contributed by atoms with Gasteiger partial charge in [0.1, 0.15) is 0 Å². The minimum atomic E-state index is -3.37. The predicted octanol–water partition coefficient (Wildman–Crippen LogP) is -0.708. The number of ether oxygens (including phenoxy) is 1. The van der Waals surface area contributed by atoms with Crippen molar-refractivity contribution in [2.75, 3.05) is 26.2 Å². The van der Waals surface area contributed by atoms with Crippen LogP contribution in [0.15, 0.2) is 0 Å². The Labute approximate surface area is 103 Å². The fourth-order valence-corrected chi connectivity index (χ4v) is 3.95. The van der Waals surface area contributed by atoms with Gasteiger partial charge < -0.3 is 10.1 Å². The Morgan fingerprint density at radius 2 is 1.94 bits per heavy atom. The largest absolute Gasteiger partial charge is 0.373 e. The summed E-state index contributed by atoms with van der Waals surface area (Å²) in [4.78, 5) is 0. The molecule has 0 aliphatic carbocycles. The van der Waals surface area contributed by atoms with Gasteiger partial charge in [0.2, 0.25) is 0 Å². The Morgan fingerprint density at radius 3 is 2.47 bits per heavy atom. The summed E-state index contributed by atoms with van der Waals surface area (Å²) >= 11 is 0. The number of morpholine rings is 1. The zero-order chi connectivity index (χ0) is 12.5. The highest BCUT2D eigenvalue weighted by Crippen LogP contribution is 2.14. The molecule has 2 saturated heterocycles. The molecule has 0 aromatic rings. The molecule has 0 aromatic heterocycles. The number of hydrogen-bond donors (Lipinski definition) is 2. The van der Waals surface area contributed by atoms with E-state index in [1.807, 2.05) is 13.8 Å². The number of rotatable bonds is 3. The normalized spacial score (nSPS) is 36.2. The molecule has 2 heterocycles. The molecule has 2 aliphatic rings. The van der Waals surface area contributed by atoms with Gasteiger partial charge in [-0.25, -0.2) is 0 Å².